The van der Waals surface area contributed by atoms with Crippen molar-refractivity contribution in [3.05, 3.63) is 48.7 Å². The fourth-order valence-electron chi connectivity index (χ4n) is 1.40. The van der Waals surface area contributed by atoms with Crippen LogP contribution in [0.2, 0.25) is 0 Å². The lowest BCUT2D eigenvalue weighted by Crippen LogP contribution is -1.81. The van der Waals surface area contributed by atoms with Gasteiger partial charge in [-0.2, -0.15) is 0 Å². The molecular formula is C11H10N. The number of hydrogen-bond acceptors (Lipinski definition) is 0. The van der Waals surface area contributed by atoms with Crippen molar-refractivity contribution < 1.29 is 0 Å². The molecule has 1 heteroatoms. The largest absolute Gasteiger partial charge is 0.353 e. The summed E-state index contributed by atoms with van der Waals surface area (Å²) in [6.07, 6.45) is 5.80. The second kappa shape index (κ2) is 2.86. The zero-order valence-electron chi connectivity index (χ0n) is 6.80. The third-order valence-electron chi connectivity index (χ3n) is 1.97. The van der Waals surface area contributed by atoms with E-state index in [1.807, 2.05) is 12.1 Å². The molecule has 59 valence electrons. The van der Waals surface area contributed by atoms with Crippen molar-refractivity contribution in [3.8, 4) is 0 Å². The number of nitrogens with one attached hydrogen (secondary N) is 1. The first-order chi connectivity index (χ1) is 5.92. The minimum atomic E-state index is 0.908. The molecule has 1 N–H and O–H groups in total. The van der Waals surface area contributed by atoms with Gasteiger partial charge in [0, 0.05) is 10.9 Å². The van der Waals surface area contributed by atoms with Crippen LogP contribution in [0.15, 0.2) is 36.9 Å². The van der Waals surface area contributed by atoms with Gasteiger partial charge in [0.1, 0.15) is 0 Å². The maximum atomic E-state index is 3.72. The Morgan fingerprint density at radius 1 is 1.50 bits per heavy atom. The Morgan fingerprint density at radius 3 is 3.25 bits per heavy atom. The molecule has 1 aromatic carbocycles. The van der Waals surface area contributed by atoms with E-state index >= 15 is 0 Å². The molecule has 1 aromatic heterocycles. The van der Waals surface area contributed by atoms with Crippen LogP contribution in [-0.4, -0.2) is 4.98 Å². The Labute approximate surface area is 71.7 Å². The Morgan fingerprint density at radius 2 is 2.42 bits per heavy atom. The van der Waals surface area contributed by atoms with Crippen molar-refractivity contribution in [2.24, 2.45) is 0 Å². The van der Waals surface area contributed by atoms with Gasteiger partial charge in [0.05, 0.1) is 6.20 Å². The minimum Gasteiger partial charge on any atom is -0.353 e. The molecule has 0 saturated heterocycles. The topological polar surface area (TPSA) is 15.8 Å². The number of allylic oxidation sites excluding steroid dienone is 1. The summed E-state index contributed by atoms with van der Waals surface area (Å²) in [5.74, 6) is 0. The number of benzene rings is 1. The molecule has 1 heterocycles. The number of hydrogen-bond donors (Lipinski definition) is 1. The van der Waals surface area contributed by atoms with E-state index in [0.717, 1.165) is 6.42 Å². The maximum absolute atomic E-state index is 3.72. The van der Waals surface area contributed by atoms with Crippen LogP contribution in [0.25, 0.3) is 10.9 Å². The third-order valence-corrected chi connectivity index (χ3v) is 1.97. The van der Waals surface area contributed by atoms with Gasteiger partial charge >= 0.3 is 0 Å². The van der Waals surface area contributed by atoms with Gasteiger partial charge < -0.3 is 4.98 Å². The van der Waals surface area contributed by atoms with Crippen LogP contribution in [0.3, 0.4) is 0 Å². The average molecular weight is 156 g/mol. The lowest BCUT2D eigenvalue weighted by atomic mass is 10.1. The quantitative estimate of drug-likeness (QED) is 0.643. The van der Waals surface area contributed by atoms with E-state index in [1.165, 1.54) is 16.5 Å². The molecular weight excluding hydrogens is 146 g/mol. The van der Waals surface area contributed by atoms with Gasteiger partial charge in [-0.25, -0.2) is 0 Å². The molecule has 1 nitrogen and oxygen atoms in total. The number of para-hydroxylation sites is 1. The first-order valence-corrected chi connectivity index (χ1v) is 3.99. The highest BCUT2D eigenvalue weighted by Gasteiger charge is 1.98. The van der Waals surface area contributed by atoms with Gasteiger partial charge in [0.2, 0.25) is 0 Å². The Balaban J connectivity index is 2.65. The second-order valence-corrected chi connectivity index (χ2v) is 2.79. The third kappa shape index (κ3) is 1.03. The van der Waals surface area contributed by atoms with Crippen LogP contribution in [0.5, 0.6) is 0 Å². The second-order valence-electron chi connectivity index (χ2n) is 2.79. The normalized spacial score (nSPS) is 10.3. The van der Waals surface area contributed by atoms with Crippen LogP contribution in [0, 0.1) is 6.20 Å². The number of fused-ring (bicyclic) bond motifs is 1. The van der Waals surface area contributed by atoms with E-state index in [4.69, 9.17) is 0 Å². The molecule has 12 heavy (non-hydrogen) atoms. The lowest BCUT2D eigenvalue weighted by Gasteiger charge is -1.97. The minimum absolute atomic E-state index is 0.908. The van der Waals surface area contributed by atoms with Crippen molar-refractivity contribution in [2.75, 3.05) is 0 Å². The average Bonchev–Trinajstić information content (AvgIpc) is 2.53. The highest BCUT2D eigenvalue weighted by Crippen LogP contribution is 2.16. The summed E-state index contributed by atoms with van der Waals surface area (Å²) in [7, 11) is 0. The van der Waals surface area contributed by atoms with Crippen molar-refractivity contribution in [2.45, 2.75) is 6.42 Å². The maximum Gasteiger partial charge on any atom is 0.0630 e. The van der Waals surface area contributed by atoms with Crippen LogP contribution in [0.1, 0.15) is 5.56 Å². The number of aromatic amines is 1. The molecule has 1 radical (unpaired) electrons. The Kier molecular flexibility index (Phi) is 1.71. The summed E-state index contributed by atoms with van der Waals surface area (Å²) in [6.45, 7) is 3.72. The van der Waals surface area contributed by atoms with Crippen molar-refractivity contribution in [1.82, 2.24) is 4.98 Å². The zero-order chi connectivity index (χ0) is 8.39. The Bertz CT molecular complexity index is 398. The molecule has 2 aromatic rings. The van der Waals surface area contributed by atoms with E-state index in [9.17, 15) is 0 Å². The van der Waals surface area contributed by atoms with Crippen LogP contribution < -0.4 is 0 Å². The van der Waals surface area contributed by atoms with Gasteiger partial charge in [0.25, 0.3) is 0 Å². The molecule has 0 saturated carbocycles. The summed E-state index contributed by atoms with van der Waals surface area (Å²) in [4.78, 5) is 3.10. The van der Waals surface area contributed by atoms with E-state index in [0.29, 0.717) is 0 Å². The molecule has 0 atom stereocenters. The number of aromatic nitrogens is 1. The molecule has 0 amide bonds. The molecule has 0 aliphatic carbocycles. The van der Waals surface area contributed by atoms with Crippen molar-refractivity contribution in [3.63, 3.8) is 0 Å². The fourth-order valence-corrected chi connectivity index (χ4v) is 1.40. The van der Waals surface area contributed by atoms with Gasteiger partial charge in [-0.1, -0.05) is 24.3 Å². The number of rotatable bonds is 2. The fraction of sp³-hybridized carbons (Fsp3) is 0.0909. The molecule has 0 aliphatic heterocycles. The van der Waals surface area contributed by atoms with E-state index in [2.05, 4.69) is 36.0 Å². The van der Waals surface area contributed by atoms with Gasteiger partial charge in [-0.3, -0.25) is 0 Å². The van der Waals surface area contributed by atoms with Crippen LogP contribution in [0.4, 0.5) is 0 Å². The molecule has 0 fully saturated rings. The molecule has 0 unspecified atom stereocenters. The zero-order valence-corrected chi connectivity index (χ0v) is 6.80. The molecule has 0 aliphatic rings. The number of H-pyrrole nitrogens is 1. The lowest BCUT2D eigenvalue weighted by molar-refractivity contribution is 1.28. The van der Waals surface area contributed by atoms with Crippen LogP contribution in [-0.2, 0) is 6.42 Å². The van der Waals surface area contributed by atoms with Crippen molar-refractivity contribution in [1.29, 1.82) is 0 Å². The van der Waals surface area contributed by atoms with Gasteiger partial charge in [-0.15, -0.1) is 6.58 Å². The predicted molar refractivity (Wildman–Crippen MR) is 51.0 cm³/mol. The predicted octanol–water partition coefficient (Wildman–Crippen LogP) is 2.70. The van der Waals surface area contributed by atoms with Gasteiger partial charge in [0.15, 0.2) is 0 Å². The molecule has 2 rings (SSSR count). The smallest absolute Gasteiger partial charge is 0.0630 e. The summed E-state index contributed by atoms with van der Waals surface area (Å²) < 4.78 is 0. The summed E-state index contributed by atoms with van der Waals surface area (Å²) >= 11 is 0. The summed E-state index contributed by atoms with van der Waals surface area (Å²) in [6, 6.07) is 8.20. The van der Waals surface area contributed by atoms with E-state index < -0.39 is 0 Å². The highest BCUT2D eigenvalue weighted by molar-refractivity contribution is 5.82. The van der Waals surface area contributed by atoms with Crippen LogP contribution >= 0.6 is 0 Å². The van der Waals surface area contributed by atoms with E-state index in [1.54, 1.807) is 0 Å². The molecule has 0 spiro atoms. The SMILES string of the molecule is C=CCc1cccc2c[c][nH]c12. The first-order valence-electron chi connectivity index (χ1n) is 3.99. The van der Waals surface area contributed by atoms with E-state index in [-0.39, 0.29) is 0 Å². The highest BCUT2D eigenvalue weighted by atomic mass is 14.7. The standard InChI is InChI=1S/C11H10N/c1-2-4-9-5-3-6-10-7-8-12-11(9)10/h2-3,5-7,12H,1,4H2. The summed E-state index contributed by atoms with van der Waals surface area (Å²) in [5, 5.41) is 1.22. The van der Waals surface area contributed by atoms with Gasteiger partial charge in [-0.05, 0) is 18.1 Å². The first kappa shape index (κ1) is 7.17. The van der Waals surface area contributed by atoms with Crippen molar-refractivity contribution >= 4 is 10.9 Å². The summed E-state index contributed by atoms with van der Waals surface area (Å²) in [5.41, 5.74) is 2.46. The molecule has 0 bridgehead atoms. The Hall–Kier alpha value is -1.50. The monoisotopic (exact) mass is 156 g/mol.